The number of methoxy groups -OCH3 is 2. The van der Waals surface area contributed by atoms with Crippen molar-refractivity contribution in [2.75, 3.05) is 27.4 Å². The lowest BCUT2D eigenvalue weighted by Gasteiger charge is -2.14. The Kier molecular flexibility index (Phi) is 52.9. The van der Waals surface area contributed by atoms with E-state index in [1.165, 1.54) is 80.5 Å². The van der Waals surface area contributed by atoms with Crippen molar-refractivity contribution in [3.63, 3.8) is 0 Å². The third-order valence-electron chi connectivity index (χ3n) is 18.3. The van der Waals surface area contributed by atoms with Gasteiger partial charge in [-0.15, -0.1) is 17.9 Å². The summed E-state index contributed by atoms with van der Waals surface area (Å²) in [5.41, 5.74) is 7.82. The molecule has 696 valence electrons. The first-order valence-electron chi connectivity index (χ1n) is 40.9. The maximum absolute atomic E-state index is 11.0. The van der Waals surface area contributed by atoms with E-state index in [9.17, 15) is 106 Å². The van der Waals surface area contributed by atoms with Crippen LogP contribution in [0, 0.1) is 6.92 Å². The summed E-state index contributed by atoms with van der Waals surface area (Å²) >= 11 is 1.27. The van der Waals surface area contributed by atoms with Crippen LogP contribution >= 0.6 is 11.3 Å². The molecule has 136 heavy (non-hydrogen) atoms. The number of hydrogen-bond donors (Lipinski definition) is 3. The Balaban J connectivity index is 0.000000322. The summed E-state index contributed by atoms with van der Waals surface area (Å²) in [7, 11) is 2.69. The van der Waals surface area contributed by atoms with Crippen LogP contribution in [0.25, 0.3) is 21.9 Å². The number of phenols is 3. The number of para-hydroxylation sites is 4. The van der Waals surface area contributed by atoms with Crippen LogP contribution in [-0.2, 0) is 14.4 Å². The van der Waals surface area contributed by atoms with Crippen LogP contribution in [0.4, 0.5) is 0 Å². The van der Waals surface area contributed by atoms with Gasteiger partial charge in [0.1, 0.15) is 85.0 Å². The molecule has 0 saturated heterocycles. The number of ether oxygens (including phenoxy) is 5. The van der Waals surface area contributed by atoms with E-state index < -0.39 is 5.92 Å². The average molecular weight is 1860 g/mol. The van der Waals surface area contributed by atoms with Gasteiger partial charge < -0.3 is 53.4 Å². The van der Waals surface area contributed by atoms with Crippen LogP contribution in [-0.4, -0.2) is 172 Å². The van der Waals surface area contributed by atoms with E-state index in [4.69, 9.17) is 23.7 Å². The molecular formula is C106H94N2O27S. The number of carbonyl (C=O) groups is 19. The van der Waals surface area contributed by atoms with Gasteiger partial charge in [0.15, 0.2) is 98.4 Å². The third-order valence-corrected chi connectivity index (χ3v) is 19.2. The number of rotatable bonds is 37. The second-order valence-electron chi connectivity index (χ2n) is 27.5. The van der Waals surface area contributed by atoms with Crippen LogP contribution in [0.2, 0.25) is 0 Å². The molecule has 13 rings (SSSR count). The van der Waals surface area contributed by atoms with Crippen LogP contribution in [0.1, 0.15) is 227 Å². The average Bonchev–Trinajstić information content (AvgIpc) is 0.917. The molecule has 0 aliphatic rings. The summed E-state index contributed by atoms with van der Waals surface area (Å²) in [6, 6.07) is 64.1. The molecule has 2 aromatic heterocycles. The highest BCUT2D eigenvalue weighted by Crippen LogP contribution is 2.45. The minimum absolute atomic E-state index is 0.0782. The van der Waals surface area contributed by atoms with Gasteiger partial charge in [0.05, 0.1) is 71.4 Å². The number of hydrogen-bond acceptors (Lipinski definition) is 30. The summed E-state index contributed by atoms with van der Waals surface area (Å²) in [5, 5.41) is 33.4. The van der Waals surface area contributed by atoms with Gasteiger partial charge in [0.25, 0.3) is 0 Å². The Labute approximate surface area is 786 Å². The number of fused-ring (bicyclic) bond motifs is 1. The summed E-state index contributed by atoms with van der Waals surface area (Å²) in [4.78, 5) is 206. The number of aryl methyl sites for hydroxylation is 1. The smallest absolute Gasteiger partial charge is 0.165 e. The summed E-state index contributed by atoms with van der Waals surface area (Å²) in [6.45, 7) is 6.46. The van der Waals surface area contributed by atoms with E-state index in [0.29, 0.717) is 190 Å². The van der Waals surface area contributed by atoms with Gasteiger partial charge in [0.2, 0.25) is 0 Å². The zero-order valence-electron chi connectivity index (χ0n) is 73.8. The van der Waals surface area contributed by atoms with E-state index in [1.807, 2.05) is 66.7 Å². The molecule has 0 unspecified atom stereocenters. The molecule has 0 spiro atoms. The van der Waals surface area contributed by atoms with Gasteiger partial charge in [-0.1, -0.05) is 127 Å². The molecule has 0 aliphatic carbocycles. The van der Waals surface area contributed by atoms with Crippen molar-refractivity contribution in [2.45, 2.75) is 57.8 Å². The Hall–Kier alpha value is -17.7. The molecule has 29 nitrogen and oxygen atoms in total. The lowest BCUT2D eigenvalue weighted by atomic mass is 9.98. The summed E-state index contributed by atoms with van der Waals surface area (Å²) in [5.74, 6) is 0.811. The largest absolute Gasteiger partial charge is 0.506 e. The van der Waals surface area contributed by atoms with Gasteiger partial charge in [-0.2, -0.15) is 0 Å². The Morgan fingerprint density at radius 3 is 1.04 bits per heavy atom. The molecule has 0 saturated carbocycles. The zero-order chi connectivity index (χ0) is 99.6. The predicted molar refractivity (Wildman–Crippen MR) is 511 cm³/mol. The fourth-order valence-corrected chi connectivity index (χ4v) is 12.0. The van der Waals surface area contributed by atoms with Crippen molar-refractivity contribution < 1.29 is 130 Å². The molecule has 0 atom stereocenters. The van der Waals surface area contributed by atoms with E-state index in [2.05, 4.69) is 16.5 Å². The third kappa shape index (κ3) is 37.4. The molecule has 0 amide bonds. The number of carbonyl (C=O) groups excluding carboxylic acids is 19. The van der Waals surface area contributed by atoms with E-state index in [0.717, 1.165) is 98.9 Å². The Bertz CT molecular complexity index is 5810. The number of aromatic hydroxyl groups is 3. The van der Waals surface area contributed by atoms with Gasteiger partial charge >= 0.3 is 0 Å². The van der Waals surface area contributed by atoms with Gasteiger partial charge in [0, 0.05) is 73.8 Å². The lowest BCUT2D eigenvalue weighted by Crippen LogP contribution is -2.03. The number of phenolic OH excluding ortho intramolecular Hbond substituents is 3. The SMILES string of the molecule is C=CCCCC=O.COc1cc(C=O)cc(-c2cc(C=O)cc(OC)c2O)c1O.Cc1cc(C=O)c(O)c(C=O)c1.O=CC(C=O)c1ccncn1.O=Cc1cc2ccccc2cc1C=O.O=Cc1ccc(C=O)cc1.O=Cc1ccccc1C=O.O=Cc1ccccc1OCCCCCCOc1ccccc1C=O.O=Cc1ccccc1Oc1ccccc1C=O.O=Cc1ccsc1C=O. The van der Waals surface area contributed by atoms with E-state index in [-0.39, 0.29) is 62.1 Å². The number of aldehydes is 19. The number of benzene rings is 11. The zero-order valence-corrected chi connectivity index (χ0v) is 74.6. The Morgan fingerprint density at radius 1 is 0.338 bits per heavy atom. The van der Waals surface area contributed by atoms with Crippen molar-refractivity contribution >= 4 is 142 Å². The Morgan fingerprint density at radius 2 is 0.706 bits per heavy atom. The molecule has 30 heteroatoms. The fraction of sp³-hybridized carbons (Fsp3) is 0.123. The molecule has 0 radical (unpaired) electrons. The van der Waals surface area contributed by atoms with Crippen molar-refractivity contribution in [3.8, 4) is 62.9 Å². The van der Waals surface area contributed by atoms with Gasteiger partial charge in [-0.05, 0) is 176 Å². The van der Waals surface area contributed by atoms with E-state index >= 15 is 0 Å². The van der Waals surface area contributed by atoms with Crippen LogP contribution in [0.5, 0.6) is 51.7 Å². The number of thiophene rings is 1. The van der Waals surface area contributed by atoms with Crippen LogP contribution in [0.3, 0.4) is 0 Å². The molecule has 0 fully saturated rings. The van der Waals surface area contributed by atoms with Gasteiger partial charge in [-0.25, -0.2) is 9.97 Å². The monoisotopic (exact) mass is 1860 g/mol. The first-order valence-corrected chi connectivity index (χ1v) is 41.8. The normalized spacial score (nSPS) is 9.56. The van der Waals surface area contributed by atoms with Crippen molar-refractivity contribution in [1.82, 2.24) is 9.97 Å². The number of aromatic nitrogens is 2. The number of unbranched alkanes of at least 4 members (excludes halogenated alkanes) is 5. The minimum Gasteiger partial charge on any atom is -0.506 e. The second kappa shape index (κ2) is 65.0. The quantitative estimate of drug-likeness (QED) is 0.0141. The van der Waals surface area contributed by atoms with Crippen LogP contribution < -0.4 is 23.7 Å². The first-order chi connectivity index (χ1) is 66.2. The van der Waals surface area contributed by atoms with Crippen molar-refractivity contribution in [1.29, 1.82) is 0 Å². The molecule has 0 bridgehead atoms. The first kappa shape index (κ1) is 111. The standard InChI is InChI=1S/C20H22O4.C16H14O6.C14H10O3.C12H8O2.C9H8O3.2C8H6O2.C7H6N2O2.C6H4O2S.C6H10O/c21-15-17-9-3-5-11-19(17)23-13-7-1-2-8-14-24-20-12-6-4-10-18(20)16-22;1-21-13-5-9(7-17)3-11(15(13)19)12-4-10(8-18)6-14(22-2)16(12)20;15-9-11-5-1-3-7-13(11)17-14-8-4-2-6-12(14)10-16;13-7-11-5-9-3-1-2-4-10(9)6-12(11)8-14;1-6-2-7(4-10)9(12)8(3-6)5-11;9-5-7-1-2-8(6-10)4-3-7;9-5-7-3-1-2-4-8(7)6-10;10-3-6(4-11)7-1-2-8-5-9-7;7-3-5-1-2-9-6(5)4-8;1-2-3-4-5-6-7/h3-6,9-12,15-16H,1-2,7-8,13-14H2;3-8,19-20H,1-2H3;1-10H;1-8H;2-5,12H,1H3;2*1-6H;1-6H;1-4H;2,6H,1,3-5H2. The summed E-state index contributed by atoms with van der Waals surface area (Å²) in [6.07, 6.45) is 24.0. The van der Waals surface area contributed by atoms with Crippen LogP contribution in [0.15, 0.2) is 261 Å². The minimum atomic E-state index is -0.752. The highest BCUT2D eigenvalue weighted by Gasteiger charge is 2.20. The molecule has 13 aromatic rings. The van der Waals surface area contributed by atoms with E-state index in [1.54, 1.807) is 140 Å². The number of allylic oxidation sites excluding steroid dienone is 1. The second-order valence-corrected chi connectivity index (χ2v) is 28.4. The lowest BCUT2D eigenvalue weighted by molar-refractivity contribution is -0.116. The summed E-state index contributed by atoms with van der Waals surface area (Å²) < 4.78 is 26.8. The molecule has 3 N–H and O–H groups in total. The maximum Gasteiger partial charge on any atom is 0.165 e. The molecular weight excluding hydrogens is 1770 g/mol. The highest BCUT2D eigenvalue weighted by atomic mass is 32.1. The van der Waals surface area contributed by atoms with Crippen molar-refractivity contribution in [3.05, 3.63) is 361 Å². The maximum atomic E-state index is 11.0. The topological polar surface area (TPSA) is 457 Å². The highest BCUT2D eigenvalue weighted by molar-refractivity contribution is 7.12. The van der Waals surface area contributed by atoms with Crippen molar-refractivity contribution in [2.24, 2.45) is 0 Å². The predicted octanol–water partition coefficient (Wildman–Crippen LogP) is 19.1. The van der Waals surface area contributed by atoms with Gasteiger partial charge in [-0.3, -0.25) is 76.7 Å². The fourth-order valence-electron chi connectivity index (χ4n) is 11.3. The molecule has 0 aliphatic heterocycles. The molecule has 2 heterocycles. The number of nitrogens with zero attached hydrogens (tertiary/aromatic N) is 2. The molecule has 11 aromatic carbocycles.